The Bertz CT molecular complexity index is 1290. The van der Waals surface area contributed by atoms with Gasteiger partial charge in [0.1, 0.15) is 11.9 Å². The Morgan fingerprint density at radius 3 is 2.68 bits per heavy atom. The first-order valence-corrected chi connectivity index (χ1v) is 11.6. The highest BCUT2D eigenvalue weighted by Crippen LogP contribution is 2.34. The maximum absolute atomic E-state index is 13.8. The lowest BCUT2D eigenvalue weighted by atomic mass is 9.93. The summed E-state index contributed by atoms with van der Waals surface area (Å²) in [7, 11) is 0. The van der Waals surface area contributed by atoms with Crippen LogP contribution in [0.2, 0.25) is 0 Å². The second-order valence-electron chi connectivity index (χ2n) is 9.11. The molecule has 1 saturated heterocycles. The van der Waals surface area contributed by atoms with E-state index in [1.165, 1.54) is 12.1 Å². The van der Waals surface area contributed by atoms with Crippen LogP contribution in [-0.2, 0) is 16.0 Å². The zero-order chi connectivity index (χ0) is 23.8. The van der Waals surface area contributed by atoms with Gasteiger partial charge in [-0.1, -0.05) is 26.0 Å². The number of aromatic amines is 1. The van der Waals surface area contributed by atoms with Crippen molar-refractivity contribution in [1.29, 1.82) is 0 Å². The summed E-state index contributed by atoms with van der Waals surface area (Å²) in [5.41, 5.74) is 5.27. The van der Waals surface area contributed by atoms with Gasteiger partial charge in [-0.3, -0.25) is 4.79 Å². The smallest absolute Gasteiger partial charge is 0.308 e. The van der Waals surface area contributed by atoms with Crippen molar-refractivity contribution in [2.45, 2.75) is 57.7 Å². The van der Waals surface area contributed by atoms with Crippen LogP contribution in [0.25, 0.3) is 28.2 Å². The van der Waals surface area contributed by atoms with E-state index >= 15 is 0 Å². The van der Waals surface area contributed by atoms with Crippen LogP contribution in [0.3, 0.4) is 0 Å². The van der Waals surface area contributed by atoms with Crippen LogP contribution in [0.4, 0.5) is 4.39 Å². The van der Waals surface area contributed by atoms with Crippen LogP contribution in [0.5, 0.6) is 0 Å². The second kappa shape index (κ2) is 9.02. The molecule has 0 bridgehead atoms. The van der Waals surface area contributed by atoms with E-state index in [2.05, 4.69) is 18.8 Å². The molecule has 0 spiro atoms. The van der Waals surface area contributed by atoms with Crippen molar-refractivity contribution in [3.63, 3.8) is 0 Å². The van der Waals surface area contributed by atoms with E-state index in [1.54, 1.807) is 16.8 Å². The van der Waals surface area contributed by atoms with Crippen molar-refractivity contribution < 1.29 is 19.0 Å². The van der Waals surface area contributed by atoms with E-state index in [0.717, 1.165) is 33.5 Å². The molecule has 2 atom stereocenters. The van der Waals surface area contributed by atoms with E-state index in [4.69, 9.17) is 14.8 Å². The Morgan fingerprint density at radius 1 is 1.21 bits per heavy atom. The molecular formula is C26H27FN4O3. The van der Waals surface area contributed by atoms with Crippen LogP contribution < -0.4 is 0 Å². The molecule has 1 fully saturated rings. The minimum Gasteiger partial charge on any atom is -0.462 e. The van der Waals surface area contributed by atoms with Gasteiger partial charge >= 0.3 is 5.97 Å². The molecule has 0 radical (unpaired) electrons. The second-order valence-corrected chi connectivity index (χ2v) is 9.11. The molecule has 8 heteroatoms. The summed E-state index contributed by atoms with van der Waals surface area (Å²) >= 11 is 0. The van der Waals surface area contributed by atoms with Crippen LogP contribution in [0.1, 0.15) is 50.3 Å². The first kappa shape index (κ1) is 22.3. The highest BCUT2D eigenvalue weighted by Gasteiger charge is 2.29. The number of nitrogens with zero attached hydrogens (tertiary/aromatic N) is 3. The number of hydrogen-bond donors (Lipinski definition) is 2. The number of halogens is 1. The lowest BCUT2D eigenvalue weighted by Crippen LogP contribution is -2.32. The van der Waals surface area contributed by atoms with Crippen LogP contribution in [-0.4, -0.2) is 43.0 Å². The Kier molecular flexibility index (Phi) is 5.91. The molecule has 0 amide bonds. The third-order valence-corrected chi connectivity index (χ3v) is 6.21. The Labute approximate surface area is 196 Å². The van der Waals surface area contributed by atoms with Crippen molar-refractivity contribution >= 4 is 17.0 Å². The molecule has 34 heavy (non-hydrogen) atoms. The monoisotopic (exact) mass is 462 g/mol. The minimum atomic E-state index is -0.675. The number of carbonyl (C=O) groups excluding carboxylic acids is 1. The van der Waals surface area contributed by atoms with Gasteiger partial charge in [-0.15, -0.1) is 0 Å². The van der Waals surface area contributed by atoms with Gasteiger partial charge in [0.25, 0.3) is 0 Å². The van der Waals surface area contributed by atoms with E-state index in [-0.39, 0.29) is 30.2 Å². The minimum absolute atomic E-state index is 0.0402. The third kappa shape index (κ3) is 4.33. The zero-order valence-electron chi connectivity index (χ0n) is 19.2. The van der Waals surface area contributed by atoms with Gasteiger partial charge in [0, 0.05) is 17.5 Å². The fraction of sp³-hybridized carbons (Fsp3) is 0.346. The van der Waals surface area contributed by atoms with Crippen LogP contribution >= 0.6 is 0 Å². The highest BCUT2D eigenvalue weighted by molar-refractivity contribution is 5.77. The molecule has 1 aliphatic heterocycles. The van der Waals surface area contributed by atoms with Crippen molar-refractivity contribution in [3.8, 4) is 17.2 Å². The van der Waals surface area contributed by atoms with Crippen molar-refractivity contribution in [2.75, 3.05) is 0 Å². The van der Waals surface area contributed by atoms with E-state index < -0.39 is 6.10 Å². The summed E-state index contributed by atoms with van der Waals surface area (Å²) in [5.74, 6) is 0.0179. The molecule has 7 nitrogen and oxygen atoms in total. The van der Waals surface area contributed by atoms with Gasteiger partial charge in [0.15, 0.2) is 0 Å². The molecule has 5 rings (SSSR count). The fourth-order valence-electron chi connectivity index (χ4n) is 4.62. The largest absolute Gasteiger partial charge is 0.462 e. The predicted molar refractivity (Wildman–Crippen MR) is 126 cm³/mol. The molecule has 1 aliphatic rings. The standard InChI is InChI=1S/C26H27FN4O3/c1-15(2)24-20(12-11-19-13-18(32)14-23(33)34-19)25(16-7-9-17(27)10-8-16)31(30-24)26-28-21-5-3-4-6-22(21)29-26/h3-10,15,18-19,32H,11-14H2,1-2H3,(H,28,29)/t18-,19-/m0/s1. The van der Waals surface area contributed by atoms with Gasteiger partial charge in [-0.05, 0) is 55.2 Å². The number of rotatable bonds is 6. The summed E-state index contributed by atoms with van der Waals surface area (Å²) in [6, 6.07) is 14.1. The summed E-state index contributed by atoms with van der Waals surface area (Å²) in [6.07, 6.45) is 0.580. The summed E-state index contributed by atoms with van der Waals surface area (Å²) in [6.45, 7) is 4.15. The number of H-pyrrole nitrogens is 1. The van der Waals surface area contributed by atoms with E-state index in [0.29, 0.717) is 25.2 Å². The molecule has 2 aromatic heterocycles. The van der Waals surface area contributed by atoms with Gasteiger partial charge in [0.2, 0.25) is 5.95 Å². The van der Waals surface area contributed by atoms with Gasteiger partial charge in [-0.25, -0.2) is 9.37 Å². The molecule has 0 unspecified atom stereocenters. The van der Waals surface area contributed by atoms with Crippen molar-refractivity contribution in [3.05, 3.63) is 65.6 Å². The first-order chi connectivity index (χ1) is 16.4. The average Bonchev–Trinajstić information content (AvgIpc) is 3.39. The highest BCUT2D eigenvalue weighted by atomic mass is 19.1. The average molecular weight is 463 g/mol. The number of esters is 1. The normalized spacial score (nSPS) is 18.6. The number of carbonyl (C=O) groups is 1. The van der Waals surface area contributed by atoms with Crippen LogP contribution in [0, 0.1) is 5.82 Å². The lowest BCUT2D eigenvalue weighted by Gasteiger charge is -2.26. The van der Waals surface area contributed by atoms with Gasteiger partial charge < -0.3 is 14.8 Å². The quantitative estimate of drug-likeness (QED) is 0.406. The van der Waals surface area contributed by atoms with Gasteiger partial charge in [0.05, 0.1) is 34.9 Å². The number of ether oxygens (including phenoxy) is 1. The maximum Gasteiger partial charge on any atom is 0.308 e. The molecule has 0 aliphatic carbocycles. The molecular weight excluding hydrogens is 435 g/mol. The maximum atomic E-state index is 13.8. The number of imidazole rings is 1. The molecule has 4 aromatic rings. The molecule has 0 saturated carbocycles. The summed E-state index contributed by atoms with van der Waals surface area (Å²) < 4.78 is 21.0. The van der Waals surface area contributed by atoms with Crippen molar-refractivity contribution in [1.82, 2.24) is 19.7 Å². The Balaban J connectivity index is 1.61. The number of aromatic nitrogens is 4. The number of hydrogen-bond acceptors (Lipinski definition) is 5. The third-order valence-electron chi connectivity index (χ3n) is 6.21. The Hall–Kier alpha value is -3.52. The van der Waals surface area contributed by atoms with E-state index in [1.807, 2.05) is 24.3 Å². The lowest BCUT2D eigenvalue weighted by molar-refractivity contribution is -0.160. The number of cyclic esters (lactones) is 1. The molecule has 2 N–H and O–H groups in total. The fourth-order valence-corrected chi connectivity index (χ4v) is 4.62. The number of aliphatic hydroxyl groups is 1. The molecule has 2 aromatic carbocycles. The first-order valence-electron chi connectivity index (χ1n) is 11.6. The van der Waals surface area contributed by atoms with Crippen LogP contribution in [0.15, 0.2) is 48.5 Å². The SMILES string of the molecule is CC(C)c1nn(-c2nc3ccccc3[nH]2)c(-c2ccc(F)cc2)c1CC[C@H]1C[C@H](O)CC(=O)O1. The summed E-state index contributed by atoms with van der Waals surface area (Å²) in [5, 5.41) is 14.9. The predicted octanol–water partition coefficient (Wildman–Crippen LogP) is 4.68. The Morgan fingerprint density at radius 2 is 1.97 bits per heavy atom. The molecule has 176 valence electrons. The number of aliphatic hydroxyl groups excluding tert-OH is 1. The van der Waals surface area contributed by atoms with Crippen molar-refractivity contribution in [2.24, 2.45) is 0 Å². The van der Waals surface area contributed by atoms with E-state index in [9.17, 15) is 14.3 Å². The number of para-hydroxylation sites is 2. The molecule has 3 heterocycles. The topological polar surface area (TPSA) is 93.0 Å². The number of benzene rings is 2. The van der Waals surface area contributed by atoms with Gasteiger partial charge in [-0.2, -0.15) is 9.78 Å². The zero-order valence-corrected chi connectivity index (χ0v) is 19.2. The number of fused-ring (bicyclic) bond motifs is 1. The summed E-state index contributed by atoms with van der Waals surface area (Å²) in [4.78, 5) is 19.9. The number of nitrogens with one attached hydrogen (secondary N) is 1.